The van der Waals surface area contributed by atoms with Crippen molar-refractivity contribution in [3.63, 3.8) is 0 Å². The van der Waals surface area contributed by atoms with Crippen molar-refractivity contribution in [2.45, 2.75) is 39.2 Å². The molecule has 206 valence electrons. The summed E-state index contributed by atoms with van der Waals surface area (Å²) in [7, 11) is 0. The van der Waals surface area contributed by atoms with Gasteiger partial charge in [-0.15, -0.1) is 0 Å². The number of hydrogen-bond donors (Lipinski definition) is 4. The van der Waals surface area contributed by atoms with Gasteiger partial charge in [0.2, 0.25) is 0 Å². The monoisotopic (exact) mass is 620 g/mol. The fraction of sp³-hybridized carbons (Fsp3) is 0. The quantitative estimate of drug-likeness (QED) is 0.124. The van der Waals surface area contributed by atoms with Gasteiger partial charge in [-0.2, -0.15) is 10.5 Å². The summed E-state index contributed by atoms with van der Waals surface area (Å²) >= 11 is 5.75. The molecule has 0 unspecified atom stereocenters. The molecule has 0 fully saturated rings. The largest absolute Gasteiger partial charge is 0.399 e. The van der Waals surface area contributed by atoms with Crippen molar-refractivity contribution in [1.29, 1.82) is 10.5 Å². The highest BCUT2D eigenvalue weighted by molar-refractivity contribution is 8.03. The molecule has 0 heterocycles. The Balaban J connectivity index is 1.78. The Labute approximate surface area is 261 Å². The Morgan fingerprint density at radius 3 is 0.714 bits per heavy atom. The molecule has 0 aromatic heterocycles. The maximum absolute atomic E-state index is 10.7. The maximum atomic E-state index is 10.7. The van der Waals surface area contributed by atoms with Crippen LogP contribution < -0.4 is 22.9 Å². The van der Waals surface area contributed by atoms with Crippen molar-refractivity contribution in [2.24, 2.45) is 0 Å². The number of rotatable bonds is 8. The van der Waals surface area contributed by atoms with Crippen molar-refractivity contribution in [3.8, 4) is 12.1 Å². The molecule has 0 radical (unpaired) electrons. The van der Waals surface area contributed by atoms with Crippen LogP contribution in [-0.2, 0) is 0 Å². The van der Waals surface area contributed by atoms with Gasteiger partial charge in [-0.1, -0.05) is 47.0 Å². The zero-order valence-electron chi connectivity index (χ0n) is 22.1. The SMILES string of the molecule is N#Cc1c(Sc2ccc(N)cc2)c(Sc2ccc(N)cc2)c(C#N)c(Sc2ccc(N)cc2)c1Sc1ccc(N)cc1. The first-order chi connectivity index (χ1) is 20.3. The van der Waals surface area contributed by atoms with E-state index < -0.39 is 0 Å². The second-order valence-electron chi connectivity index (χ2n) is 8.97. The van der Waals surface area contributed by atoms with Gasteiger partial charge in [0.1, 0.15) is 12.1 Å². The lowest BCUT2D eigenvalue weighted by Gasteiger charge is -2.21. The molecular weight excluding hydrogens is 597 g/mol. The molecule has 0 saturated heterocycles. The summed E-state index contributed by atoms with van der Waals surface area (Å²) in [5.74, 6) is 0. The van der Waals surface area contributed by atoms with Crippen LogP contribution in [0.2, 0.25) is 0 Å². The molecule has 0 atom stereocenters. The van der Waals surface area contributed by atoms with Crippen LogP contribution in [0.1, 0.15) is 11.1 Å². The summed E-state index contributed by atoms with van der Waals surface area (Å²) in [6.45, 7) is 0. The molecule has 8 N–H and O–H groups in total. The van der Waals surface area contributed by atoms with Crippen molar-refractivity contribution in [3.05, 3.63) is 108 Å². The molecule has 0 amide bonds. The van der Waals surface area contributed by atoms with Crippen LogP contribution in [0.15, 0.2) is 136 Å². The highest BCUT2D eigenvalue weighted by Crippen LogP contribution is 2.52. The Morgan fingerprint density at radius 1 is 0.357 bits per heavy atom. The summed E-state index contributed by atoms with van der Waals surface area (Å²) in [4.78, 5) is 6.36. The smallest absolute Gasteiger partial charge is 0.102 e. The standard InChI is InChI=1S/C32H24N6S4/c33-17-27-29(39-23-9-1-19(35)2-10-23)30(40-24-11-3-20(36)4-12-24)28(18-34)32(42-26-15-7-22(38)8-16-26)31(27)41-25-13-5-21(37)6-14-25/h1-16H,35-38H2. The molecule has 6 nitrogen and oxygen atoms in total. The lowest BCUT2D eigenvalue weighted by atomic mass is 10.1. The molecule has 0 spiro atoms. The minimum Gasteiger partial charge on any atom is -0.399 e. The predicted molar refractivity (Wildman–Crippen MR) is 176 cm³/mol. The fourth-order valence-electron chi connectivity index (χ4n) is 3.87. The Kier molecular flexibility index (Phi) is 9.11. The number of hydrogen-bond acceptors (Lipinski definition) is 10. The van der Waals surface area contributed by atoms with Crippen LogP contribution in [-0.4, -0.2) is 0 Å². The van der Waals surface area contributed by atoms with Gasteiger partial charge in [-0.05, 0) is 97.1 Å². The second kappa shape index (κ2) is 13.1. The van der Waals surface area contributed by atoms with E-state index in [-0.39, 0.29) is 0 Å². The van der Waals surface area contributed by atoms with Crippen LogP contribution in [0.5, 0.6) is 0 Å². The molecule has 10 heteroatoms. The van der Waals surface area contributed by atoms with Crippen LogP contribution in [0, 0.1) is 22.7 Å². The average Bonchev–Trinajstić information content (AvgIpc) is 2.99. The van der Waals surface area contributed by atoms with Gasteiger partial charge < -0.3 is 22.9 Å². The zero-order valence-corrected chi connectivity index (χ0v) is 25.3. The molecule has 5 rings (SSSR count). The summed E-state index contributed by atoms with van der Waals surface area (Å²) in [5.41, 5.74) is 27.3. The normalized spacial score (nSPS) is 10.6. The van der Waals surface area contributed by atoms with Crippen molar-refractivity contribution >= 4 is 69.8 Å². The number of benzene rings is 5. The van der Waals surface area contributed by atoms with Crippen molar-refractivity contribution in [2.75, 3.05) is 22.9 Å². The first-order valence-corrected chi connectivity index (χ1v) is 15.8. The van der Waals surface area contributed by atoms with Crippen LogP contribution in [0.3, 0.4) is 0 Å². The van der Waals surface area contributed by atoms with Gasteiger partial charge in [0, 0.05) is 61.9 Å². The van der Waals surface area contributed by atoms with Gasteiger partial charge in [-0.3, -0.25) is 0 Å². The van der Waals surface area contributed by atoms with Crippen LogP contribution in [0.25, 0.3) is 0 Å². The van der Waals surface area contributed by atoms with E-state index in [0.717, 1.165) is 19.6 Å². The van der Waals surface area contributed by atoms with Crippen LogP contribution in [0.4, 0.5) is 22.7 Å². The highest BCUT2D eigenvalue weighted by Gasteiger charge is 2.27. The summed E-state index contributed by atoms with van der Waals surface area (Å²) in [6, 6.07) is 34.8. The second-order valence-corrected chi connectivity index (χ2v) is 13.3. The molecule has 0 aliphatic rings. The average molecular weight is 621 g/mol. The molecule has 42 heavy (non-hydrogen) atoms. The zero-order chi connectivity index (χ0) is 29.6. The van der Waals surface area contributed by atoms with Gasteiger partial charge in [-0.25, -0.2) is 0 Å². The third-order valence-corrected chi connectivity index (χ3v) is 10.7. The third kappa shape index (κ3) is 6.76. The minimum absolute atomic E-state index is 0.480. The van der Waals surface area contributed by atoms with E-state index in [1.807, 2.05) is 97.1 Å². The summed E-state index contributed by atoms with van der Waals surface area (Å²) in [6.07, 6.45) is 0. The van der Waals surface area contributed by atoms with E-state index in [2.05, 4.69) is 12.1 Å². The minimum atomic E-state index is 0.480. The highest BCUT2D eigenvalue weighted by atomic mass is 32.2. The third-order valence-electron chi connectivity index (χ3n) is 5.94. The van der Waals surface area contributed by atoms with E-state index >= 15 is 0 Å². The van der Waals surface area contributed by atoms with Gasteiger partial charge >= 0.3 is 0 Å². The molecule has 0 aliphatic carbocycles. The van der Waals surface area contributed by atoms with Crippen molar-refractivity contribution < 1.29 is 0 Å². The topological polar surface area (TPSA) is 152 Å². The first-order valence-electron chi connectivity index (χ1n) is 12.5. The van der Waals surface area contributed by atoms with Crippen molar-refractivity contribution in [1.82, 2.24) is 0 Å². The van der Waals surface area contributed by atoms with E-state index in [9.17, 15) is 10.5 Å². The first kappa shape index (κ1) is 29.2. The molecule has 0 aliphatic heterocycles. The predicted octanol–water partition coefficient (Wildman–Crippen LogP) is 8.36. The number of nitrogens with two attached hydrogens (primary N) is 4. The van der Waals surface area contributed by atoms with E-state index in [0.29, 0.717) is 53.5 Å². The van der Waals surface area contributed by atoms with Gasteiger partial charge in [0.15, 0.2) is 0 Å². The lowest BCUT2D eigenvalue weighted by molar-refractivity contribution is 1.03. The fourth-order valence-corrected chi connectivity index (χ4v) is 8.31. The van der Waals surface area contributed by atoms with Gasteiger partial charge in [0.05, 0.1) is 11.1 Å². The Hall–Kier alpha value is -4.32. The Bertz CT molecular complexity index is 1550. The van der Waals surface area contributed by atoms with E-state index in [1.165, 1.54) is 47.0 Å². The Morgan fingerprint density at radius 2 is 0.548 bits per heavy atom. The molecule has 5 aromatic rings. The number of nitriles is 2. The molecule has 0 bridgehead atoms. The van der Waals surface area contributed by atoms with Gasteiger partial charge in [0.25, 0.3) is 0 Å². The van der Waals surface area contributed by atoms with Crippen LogP contribution >= 0.6 is 47.0 Å². The summed E-state index contributed by atoms with van der Waals surface area (Å²) < 4.78 is 0. The van der Waals surface area contributed by atoms with E-state index in [1.54, 1.807) is 0 Å². The van der Waals surface area contributed by atoms with E-state index in [4.69, 9.17) is 22.9 Å². The molecule has 5 aromatic carbocycles. The summed E-state index contributed by atoms with van der Waals surface area (Å²) in [5, 5.41) is 21.4. The lowest BCUT2D eigenvalue weighted by Crippen LogP contribution is -1.99. The number of nitrogens with zero attached hydrogens (tertiary/aromatic N) is 2. The molecule has 0 saturated carbocycles. The molecular formula is C32H24N6S4. The number of anilines is 4. The number of nitrogen functional groups attached to an aromatic ring is 4. The maximum Gasteiger partial charge on any atom is 0.102 e.